The lowest BCUT2D eigenvalue weighted by Gasteiger charge is -2.34. The van der Waals surface area contributed by atoms with E-state index in [0.29, 0.717) is 43.2 Å². The molecule has 1 aromatic rings. The van der Waals surface area contributed by atoms with Crippen molar-refractivity contribution in [3.8, 4) is 11.8 Å². The minimum atomic E-state index is -0.579. The fraction of sp³-hybridized carbons (Fsp3) is 0.458. The number of nitriles is 1. The van der Waals surface area contributed by atoms with E-state index in [2.05, 4.69) is 4.90 Å². The maximum absolute atomic E-state index is 12.7. The number of hydroxylamine groups is 2. The van der Waals surface area contributed by atoms with Gasteiger partial charge in [-0.05, 0) is 43.2 Å². The molecule has 2 aliphatic heterocycles. The van der Waals surface area contributed by atoms with Crippen molar-refractivity contribution in [2.24, 2.45) is 0 Å². The maximum Gasteiger partial charge on any atom is 0.333 e. The molecule has 10 heteroatoms. The number of piperazine rings is 1. The van der Waals surface area contributed by atoms with Gasteiger partial charge in [-0.1, -0.05) is 18.6 Å². The van der Waals surface area contributed by atoms with Crippen LogP contribution in [0.5, 0.6) is 5.75 Å². The number of imide groups is 1. The van der Waals surface area contributed by atoms with Crippen LogP contribution in [0.4, 0.5) is 0 Å². The van der Waals surface area contributed by atoms with E-state index < -0.39 is 17.8 Å². The molecule has 0 unspecified atom stereocenters. The molecule has 0 saturated carbocycles. The molecule has 3 amide bonds. The SMILES string of the molecule is N#C/C(=C\c1ccc(O)cc1)C(=O)N1CCN(CCCCCC(=O)ON2C(=O)CCC2=O)CC1. The van der Waals surface area contributed by atoms with Gasteiger partial charge in [0, 0.05) is 45.4 Å². The number of hydrogen-bond acceptors (Lipinski definition) is 8. The van der Waals surface area contributed by atoms with Gasteiger partial charge < -0.3 is 14.8 Å². The van der Waals surface area contributed by atoms with E-state index in [1.807, 2.05) is 6.07 Å². The van der Waals surface area contributed by atoms with Crippen LogP contribution in [-0.2, 0) is 24.0 Å². The molecule has 180 valence electrons. The second kappa shape index (κ2) is 12.0. The van der Waals surface area contributed by atoms with Crippen molar-refractivity contribution >= 4 is 29.8 Å². The zero-order valence-electron chi connectivity index (χ0n) is 18.9. The third-order valence-electron chi connectivity index (χ3n) is 5.77. The zero-order chi connectivity index (χ0) is 24.5. The standard InChI is InChI=1S/C24H28N4O6/c25-17-19(16-18-5-7-20(29)8-6-18)24(33)27-14-12-26(13-15-27)11-3-1-2-4-23(32)34-28-21(30)9-10-22(28)31/h5-8,16,29H,1-4,9-15H2/b19-16+. The van der Waals surface area contributed by atoms with Crippen molar-refractivity contribution in [1.29, 1.82) is 5.26 Å². The molecule has 0 spiro atoms. The number of nitrogens with zero attached hydrogens (tertiary/aromatic N) is 4. The number of unbranched alkanes of at least 4 members (excludes halogenated alkanes) is 2. The lowest BCUT2D eigenvalue weighted by Crippen LogP contribution is -2.49. The van der Waals surface area contributed by atoms with Crippen LogP contribution in [0, 0.1) is 11.3 Å². The highest BCUT2D eigenvalue weighted by Crippen LogP contribution is 2.16. The normalized spacial score (nSPS) is 17.1. The fourth-order valence-corrected chi connectivity index (χ4v) is 3.81. The summed E-state index contributed by atoms with van der Waals surface area (Å²) >= 11 is 0. The number of hydrogen-bond donors (Lipinski definition) is 1. The molecule has 10 nitrogen and oxygen atoms in total. The summed E-state index contributed by atoms with van der Waals surface area (Å²) in [6.07, 6.45) is 4.09. The van der Waals surface area contributed by atoms with E-state index in [4.69, 9.17) is 4.84 Å². The van der Waals surface area contributed by atoms with Crippen molar-refractivity contribution < 1.29 is 29.1 Å². The molecule has 2 saturated heterocycles. The summed E-state index contributed by atoms with van der Waals surface area (Å²) in [6, 6.07) is 8.26. The van der Waals surface area contributed by atoms with E-state index in [-0.39, 0.29) is 36.5 Å². The Balaban J connectivity index is 1.33. The third kappa shape index (κ3) is 6.89. The van der Waals surface area contributed by atoms with Crippen molar-refractivity contribution in [3.05, 3.63) is 35.4 Å². The average Bonchev–Trinajstić information content (AvgIpc) is 3.15. The first-order valence-corrected chi connectivity index (χ1v) is 11.4. The number of amides is 3. The average molecular weight is 469 g/mol. The van der Waals surface area contributed by atoms with Gasteiger partial charge in [-0.15, -0.1) is 5.06 Å². The van der Waals surface area contributed by atoms with Gasteiger partial charge in [0.25, 0.3) is 17.7 Å². The minimum absolute atomic E-state index is 0.0587. The van der Waals surface area contributed by atoms with Crippen molar-refractivity contribution in [2.45, 2.75) is 38.5 Å². The highest BCUT2D eigenvalue weighted by Gasteiger charge is 2.32. The van der Waals surface area contributed by atoms with Gasteiger partial charge in [-0.25, -0.2) is 4.79 Å². The van der Waals surface area contributed by atoms with Crippen LogP contribution in [0.1, 0.15) is 44.1 Å². The number of benzene rings is 1. The Morgan fingerprint density at radius 3 is 2.26 bits per heavy atom. The van der Waals surface area contributed by atoms with Gasteiger partial charge in [0.1, 0.15) is 17.4 Å². The first-order chi connectivity index (χ1) is 16.4. The molecule has 34 heavy (non-hydrogen) atoms. The summed E-state index contributed by atoms with van der Waals surface area (Å²) < 4.78 is 0. The predicted octanol–water partition coefficient (Wildman–Crippen LogP) is 1.61. The molecule has 0 aromatic heterocycles. The Hall–Kier alpha value is -3.71. The molecule has 0 radical (unpaired) electrons. The number of carbonyl (C=O) groups excluding carboxylic acids is 4. The van der Waals surface area contributed by atoms with Crippen molar-refractivity contribution in [1.82, 2.24) is 14.9 Å². The molecule has 2 heterocycles. The smallest absolute Gasteiger partial charge is 0.333 e. The van der Waals surface area contributed by atoms with E-state index in [9.17, 15) is 29.5 Å². The molecule has 0 bridgehead atoms. The first-order valence-electron chi connectivity index (χ1n) is 11.4. The van der Waals surface area contributed by atoms with Gasteiger partial charge >= 0.3 is 5.97 Å². The number of phenols is 1. The molecule has 1 aromatic carbocycles. The van der Waals surface area contributed by atoms with Gasteiger partial charge in [-0.3, -0.25) is 19.3 Å². The molecular formula is C24H28N4O6. The quantitative estimate of drug-likeness (QED) is 0.250. The topological polar surface area (TPSA) is 131 Å². The van der Waals surface area contributed by atoms with Crippen LogP contribution < -0.4 is 0 Å². The van der Waals surface area contributed by atoms with Crippen LogP contribution in [0.3, 0.4) is 0 Å². The lowest BCUT2D eigenvalue weighted by atomic mass is 10.1. The van der Waals surface area contributed by atoms with Crippen LogP contribution in [-0.4, -0.2) is 76.4 Å². The fourth-order valence-electron chi connectivity index (χ4n) is 3.81. The number of aromatic hydroxyl groups is 1. The number of rotatable bonds is 9. The second-order valence-electron chi connectivity index (χ2n) is 8.25. The monoisotopic (exact) mass is 468 g/mol. The first kappa shape index (κ1) is 24.9. The molecule has 0 atom stereocenters. The van der Waals surface area contributed by atoms with E-state index >= 15 is 0 Å². The summed E-state index contributed by atoms with van der Waals surface area (Å²) in [5.74, 6) is -1.72. The number of phenolic OH excluding ortho intramolecular Hbond substituents is 1. The molecule has 2 fully saturated rings. The molecule has 1 N–H and O–H groups in total. The summed E-state index contributed by atoms with van der Waals surface area (Å²) in [5, 5.41) is 19.3. The van der Waals surface area contributed by atoms with Gasteiger partial charge in [0.15, 0.2) is 0 Å². The summed E-state index contributed by atoms with van der Waals surface area (Å²) in [4.78, 5) is 56.2. The second-order valence-corrected chi connectivity index (χ2v) is 8.25. The van der Waals surface area contributed by atoms with Gasteiger partial charge in [0.05, 0.1) is 0 Å². The van der Waals surface area contributed by atoms with Crippen LogP contribution in [0.2, 0.25) is 0 Å². The van der Waals surface area contributed by atoms with E-state index in [1.165, 1.54) is 18.2 Å². The Morgan fingerprint density at radius 1 is 1.00 bits per heavy atom. The van der Waals surface area contributed by atoms with Crippen LogP contribution in [0.15, 0.2) is 29.8 Å². The third-order valence-corrected chi connectivity index (χ3v) is 5.77. The molecule has 3 rings (SSSR count). The van der Waals surface area contributed by atoms with Gasteiger partial charge in [0.2, 0.25) is 0 Å². The Labute approximate surface area is 197 Å². The Bertz CT molecular complexity index is 974. The Kier molecular flexibility index (Phi) is 8.76. The maximum atomic E-state index is 12.7. The van der Waals surface area contributed by atoms with Crippen LogP contribution in [0.25, 0.3) is 6.08 Å². The van der Waals surface area contributed by atoms with Gasteiger partial charge in [-0.2, -0.15) is 5.26 Å². The summed E-state index contributed by atoms with van der Waals surface area (Å²) in [5.41, 5.74) is 0.729. The Morgan fingerprint density at radius 2 is 1.65 bits per heavy atom. The molecular weight excluding hydrogens is 440 g/mol. The summed E-state index contributed by atoms with van der Waals surface area (Å²) in [6.45, 7) is 3.28. The van der Waals surface area contributed by atoms with Crippen LogP contribution >= 0.6 is 0 Å². The molecule has 0 aliphatic carbocycles. The summed E-state index contributed by atoms with van der Waals surface area (Å²) in [7, 11) is 0. The van der Waals surface area contributed by atoms with Crippen molar-refractivity contribution in [2.75, 3.05) is 32.7 Å². The minimum Gasteiger partial charge on any atom is -0.508 e. The largest absolute Gasteiger partial charge is 0.508 e. The van der Waals surface area contributed by atoms with E-state index in [1.54, 1.807) is 17.0 Å². The lowest BCUT2D eigenvalue weighted by molar-refractivity contribution is -0.197. The highest BCUT2D eigenvalue weighted by atomic mass is 16.7. The molecule has 2 aliphatic rings. The number of carbonyl (C=O) groups is 4. The van der Waals surface area contributed by atoms with Crippen molar-refractivity contribution in [3.63, 3.8) is 0 Å². The highest BCUT2D eigenvalue weighted by molar-refractivity contribution is 6.02. The van der Waals surface area contributed by atoms with E-state index in [0.717, 1.165) is 19.4 Å². The zero-order valence-corrected chi connectivity index (χ0v) is 18.9. The predicted molar refractivity (Wildman–Crippen MR) is 120 cm³/mol.